The van der Waals surface area contributed by atoms with Crippen molar-refractivity contribution in [2.45, 2.75) is 20.0 Å². The van der Waals surface area contributed by atoms with Crippen LogP contribution in [0.1, 0.15) is 13.8 Å². The molecule has 0 bridgehead atoms. The number of ether oxygens (including phenoxy) is 2. The van der Waals surface area contributed by atoms with E-state index in [1.165, 1.54) is 6.20 Å². The molecule has 0 fully saturated rings. The Hall–Kier alpha value is -2.50. The van der Waals surface area contributed by atoms with Crippen LogP contribution in [-0.2, 0) is 0 Å². The lowest BCUT2D eigenvalue weighted by atomic mass is 10.1. The largest absolute Gasteiger partial charge is 0.484 e. The standard InChI is InChI=1S/C19H16Cl2N2O3/c1-11(23-24)12(2)25-17-7-3-6-15-14(17)5-4-8-18(15)26-19-16(21)9-13(20)10-22-19/h3-10,12,24H,1-2H3. The maximum Gasteiger partial charge on any atom is 0.238 e. The van der Waals surface area contributed by atoms with Gasteiger partial charge in [0.25, 0.3) is 0 Å². The third-order valence-corrected chi connectivity index (χ3v) is 4.35. The van der Waals surface area contributed by atoms with Gasteiger partial charge in [-0.05, 0) is 32.0 Å². The highest BCUT2D eigenvalue weighted by Crippen LogP contribution is 2.36. The molecule has 26 heavy (non-hydrogen) atoms. The van der Waals surface area contributed by atoms with E-state index in [9.17, 15) is 0 Å². The summed E-state index contributed by atoms with van der Waals surface area (Å²) in [6.07, 6.45) is 1.10. The Morgan fingerprint density at radius 3 is 2.42 bits per heavy atom. The number of halogens is 2. The monoisotopic (exact) mass is 390 g/mol. The summed E-state index contributed by atoms with van der Waals surface area (Å²) >= 11 is 12.0. The van der Waals surface area contributed by atoms with Crippen LogP contribution in [0.15, 0.2) is 53.8 Å². The summed E-state index contributed by atoms with van der Waals surface area (Å²) in [6.45, 7) is 3.50. The quantitative estimate of drug-likeness (QED) is 0.332. The molecule has 7 heteroatoms. The molecule has 3 rings (SSSR count). The molecule has 5 nitrogen and oxygen atoms in total. The van der Waals surface area contributed by atoms with Gasteiger partial charge >= 0.3 is 0 Å². The van der Waals surface area contributed by atoms with Gasteiger partial charge in [0.05, 0.1) is 10.7 Å². The molecule has 1 heterocycles. The van der Waals surface area contributed by atoms with Crippen molar-refractivity contribution in [3.8, 4) is 17.4 Å². The van der Waals surface area contributed by atoms with Crippen LogP contribution in [0.2, 0.25) is 10.0 Å². The lowest BCUT2D eigenvalue weighted by molar-refractivity contribution is 0.269. The molecule has 3 aromatic rings. The molecule has 0 radical (unpaired) electrons. The minimum absolute atomic E-state index is 0.270. The van der Waals surface area contributed by atoms with Gasteiger partial charge in [-0.25, -0.2) is 4.98 Å². The molecule has 0 amide bonds. The molecule has 1 N–H and O–H groups in total. The van der Waals surface area contributed by atoms with Gasteiger partial charge < -0.3 is 14.7 Å². The molecule has 0 saturated heterocycles. The lowest BCUT2D eigenvalue weighted by Crippen LogP contribution is -2.21. The minimum atomic E-state index is -0.373. The Balaban J connectivity index is 1.99. The molecule has 134 valence electrons. The van der Waals surface area contributed by atoms with Crippen molar-refractivity contribution in [2.24, 2.45) is 5.16 Å². The second kappa shape index (κ2) is 7.81. The van der Waals surface area contributed by atoms with Crippen LogP contribution in [-0.4, -0.2) is 22.0 Å². The van der Waals surface area contributed by atoms with Gasteiger partial charge in [0.1, 0.15) is 22.6 Å². The second-order valence-electron chi connectivity index (χ2n) is 5.65. The third kappa shape index (κ3) is 3.84. The third-order valence-electron chi connectivity index (χ3n) is 3.87. The highest BCUT2D eigenvalue weighted by atomic mass is 35.5. The van der Waals surface area contributed by atoms with Crippen molar-refractivity contribution < 1.29 is 14.7 Å². The summed E-state index contributed by atoms with van der Waals surface area (Å²) in [5.74, 6) is 1.51. The van der Waals surface area contributed by atoms with E-state index in [0.29, 0.717) is 27.3 Å². The number of nitrogens with zero attached hydrogens (tertiary/aromatic N) is 2. The molecule has 1 unspecified atom stereocenters. The van der Waals surface area contributed by atoms with E-state index < -0.39 is 0 Å². The summed E-state index contributed by atoms with van der Waals surface area (Å²) in [5, 5.41) is 14.5. The van der Waals surface area contributed by atoms with Gasteiger partial charge in [0.15, 0.2) is 0 Å². The number of hydrogen-bond acceptors (Lipinski definition) is 5. The number of oxime groups is 1. The van der Waals surface area contributed by atoms with Crippen molar-refractivity contribution >= 4 is 39.7 Å². The van der Waals surface area contributed by atoms with E-state index in [2.05, 4.69) is 10.1 Å². The summed E-state index contributed by atoms with van der Waals surface area (Å²) in [5.41, 5.74) is 0.478. The first kappa shape index (κ1) is 18.3. The Morgan fingerprint density at radius 2 is 1.77 bits per heavy atom. The minimum Gasteiger partial charge on any atom is -0.484 e. The fraction of sp³-hybridized carbons (Fsp3) is 0.158. The number of rotatable bonds is 5. The fourth-order valence-electron chi connectivity index (χ4n) is 2.38. The Kier molecular flexibility index (Phi) is 5.49. The van der Waals surface area contributed by atoms with Crippen molar-refractivity contribution in [1.29, 1.82) is 0 Å². The first-order valence-corrected chi connectivity index (χ1v) is 8.61. The van der Waals surface area contributed by atoms with Gasteiger partial charge in [-0.3, -0.25) is 0 Å². The van der Waals surface area contributed by atoms with Crippen molar-refractivity contribution in [2.75, 3.05) is 0 Å². The predicted molar refractivity (Wildman–Crippen MR) is 103 cm³/mol. The number of fused-ring (bicyclic) bond motifs is 1. The van der Waals surface area contributed by atoms with Crippen LogP contribution in [0.3, 0.4) is 0 Å². The summed E-state index contributed by atoms with van der Waals surface area (Å²) in [6, 6.07) is 12.8. The second-order valence-corrected chi connectivity index (χ2v) is 6.50. The van der Waals surface area contributed by atoms with Crippen LogP contribution in [0.5, 0.6) is 17.4 Å². The van der Waals surface area contributed by atoms with E-state index in [1.54, 1.807) is 13.0 Å². The van der Waals surface area contributed by atoms with E-state index in [-0.39, 0.29) is 12.0 Å². The number of benzene rings is 2. The fourth-order valence-corrected chi connectivity index (χ4v) is 2.80. The lowest BCUT2D eigenvalue weighted by Gasteiger charge is -2.16. The van der Waals surface area contributed by atoms with E-state index in [0.717, 1.165) is 10.8 Å². The Morgan fingerprint density at radius 1 is 1.12 bits per heavy atom. The van der Waals surface area contributed by atoms with Gasteiger partial charge in [0.2, 0.25) is 5.88 Å². The average molecular weight is 391 g/mol. The molecule has 0 saturated carbocycles. The molecule has 2 aromatic carbocycles. The number of pyridine rings is 1. The maximum atomic E-state index is 8.91. The molecule has 0 aliphatic carbocycles. The Bertz CT molecular complexity index is 976. The van der Waals surface area contributed by atoms with E-state index in [1.807, 2.05) is 43.3 Å². The normalized spacial score (nSPS) is 12.8. The zero-order valence-corrected chi connectivity index (χ0v) is 15.6. The molecule has 1 atom stereocenters. The topological polar surface area (TPSA) is 63.9 Å². The van der Waals surface area contributed by atoms with Crippen molar-refractivity contribution in [3.63, 3.8) is 0 Å². The highest BCUT2D eigenvalue weighted by molar-refractivity contribution is 6.35. The van der Waals surface area contributed by atoms with Gasteiger partial charge in [0, 0.05) is 17.0 Å². The van der Waals surface area contributed by atoms with Crippen molar-refractivity contribution in [3.05, 3.63) is 58.7 Å². The van der Waals surface area contributed by atoms with Gasteiger partial charge in [-0.1, -0.05) is 52.6 Å². The van der Waals surface area contributed by atoms with E-state index >= 15 is 0 Å². The Labute approximate surface area is 160 Å². The predicted octanol–water partition coefficient (Wildman–Crippen LogP) is 5.95. The molecule has 1 aromatic heterocycles. The molecule has 0 spiro atoms. The summed E-state index contributed by atoms with van der Waals surface area (Å²) < 4.78 is 11.8. The van der Waals surface area contributed by atoms with Gasteiger partial charge in [-0.2, -0.15) is 0 Å². The number of hydrogen-bond donors (Lipinski definition) is 1. The first-order valence-electron chi connectivity index (χ1n) is 7.85. The number of aromatic nitrogens is 1. The van der Waals surface area contributed by atoms with Crippen molar-refractivity contribution in [1.82, 2.24) is 4.98 Å². The van der Waals surface area contributed by atoms with Crippen LogP contribution in [0.4, 0.5) is 0 Å². The smallest absolute Gasteiger partial charge is 0.238 e. The average Bonchev–Trinajstić information content (AvgIpc) is 2.64. The zero-order valence-electron chi connectivity index (χ0n) is 14.1. The molecule has 0 aliphatic heterocycles. The van der Waals surface area contributed by atoms with Crippen LogP contribution in [0.25, 0.3) is 10.8 Å². The molecular formula is C19H16Cl2N2O3. The highest BCUT2D eigenvalue weighted by Gasteiger charge is 2.14. The van der Waals surface area contributed by atoms with Crippen LogP contribution < -0.4 is 9.47 Å². The summed E-state index contributed by atoms with van der Waals surface area (Å²) in [7, 11) is 0. The molecule has 0 aliphatic rings. The SMILES string of the molecule is CC(=NO)C(C)Oc1cccc2c(Oc3ncc(Cl)cc3Cl)cccc12. The molecular weight excluding hydrogens is 375 g/mol. The van der Waals surface area contributed by atoms with E-state index in [4.69, 9.17) is 37.9 Å². The summed E-state index contributed by atoms with van der Waals surface area (Å²) in [4.78, 5) is 4.12. The van der Waals surface area contributed by atoms with Crippen LogP contribution >= 0.6 is 23.2 Å². The first-order chi connectivity index (χ1) is 12.5. The zero-order chi connectivity index (χ0) is 18.7. The maximum absolute atomic E-state index is 8.91. The van der Waals surface area contributed by atoms with Crippen LogP contribution in [0, 0.1) is 0 Å². The van der Waals surface area contributed by atoms with Gasteiger partial charge in [-0.15, -0.1) is 0 Å².